The lowest BCUT2D eigenvalue weighted by Gasteiger charge is -1.97. The molecule has 0 saturated carbocycles. The molecule has 0 atom stereocenters. The summed E-state index contributed by atoms with van der Waals surface area (Å²) in [6.45, 7) is 6.54. The summed E-state index contributed by atoms with van der Waals surface area (Å²) >= 11 is 0. The Bertz CT molecular complexity index is 66.0. The lowest BCUT2D eigenvalue weighted by molar-refractivity contribution is -0.141. The van der Waals surface area contributed by atoms with E-state index in [0.717, 1.165) is 0 Å². The topological polar surface area (TPSA) is 38.3 Å². The molecule has 0 bridgehead atoms. The minimum Gasteiger partial charge on any atom is -0.465 e. The van der Waals surface area contributed by atoms with Gasteiger partial charge >= 0.3 is 5.97 Å². The smallest absolute Gasteiger partial charge is 0.319 e. The summed E-state index contributed by atoms with van der Waals surface area (Å²) in [5, 5.41) is 2.68. The van der Waals surface area contributed by atoms with Crippen molar-refractivity contribution in [2.24, 2.45) is 0 Å². The molecule has 3 heteroatoms. The Labute approximate surface area is 62.8 Å². The van der Waals surface area contributed by atoms with Crippen LogP contribution in [0.5, 0.6) is 0 Å². The van der Waals surface area contributed by atoms with Crippen LogP contribution in [0.2, 0.25) is 0 Å². The second-order valence-electron chi connectivity index (χ2n) is 1.34. The molecule has 0 aliphatic heterocycles. The summed E-state index contributed by atoms with van der Waals surface area (Å²) in [7, 11) is 1.71. The molecule has 62 valence electrons. The highest BCUT2D eigenvalue weighted by atomic mass is 16.5. The zero-order valence-electron chi connectivity index (χ0n) is 7.23. The lowest BCUT2D eigenvalue weighted by Crippen LogP contribution is -2.20. The Hall–Kier alpha value is -0.570. The third-order valence-corrected chi connectivity index (χ3v) is 0.626. The SMILES string of the molecule is CC.CCOC(=O)CNC. The zero-order valence-corrected chi connectivity index (χ0v) is 7.23. The minimum atomic E-state index is -0.199. The van der Waals surface area contributed by atoms with Crippen LogP contribution in [0.25, 0.3) is 0 Å². The molecule has 0 heterocycles. The number of carbonyl (C=O) groups is 1. The molecule has 0 saturated heterocycles. The predicted molar refractivity (Wildman–Crippen MR) is 41.9 cm³/mol. The molecule has 0 fully saturated rings. The summed E-state index contributed by atoms with van der Waals surface area (Å²) in [6.07, 6.45) is 0. The van der Waals surface area contributed by atoms with Crippen molar-refractivity contribution in [2.45, 2.75) is 20.8 Å². The molecule has 3 nitrogen and oxygen atoms in total. The normalized spacial score (nSPS) is 7.60. The van der Waals surface area contributed by atoms with E-state index in [2.05, 4.69) is 10.1 Å². The van der Waals surface area contributed by atoms with Gasteiger partial charge in [-0.1, -0.05) is 13.8 Å². The van der Waals surface area contributed by atoms with Crippen molar-refractivity contribution in [3.63, 3.8) is 0 Å². The first-order chi connectivity index (χ1) is 4.81. The number of nitrogens with one attached hydrogen (secondary N) is 1. The van der Waals surface area contributed by atoms with Gasteiger partial charge in [0.05, 0.1) is 13.2 Å². The quantitative estimate of drug-likeness (QED) is 0.600. The van der Waals surface area contributed by atoms with E-state index in [0.29, 0.717) is 13.2 Å². The van der Waals surface area contributed by atoms with Crippen molar-refractivity contribution in [1.29, 1.82) is 0 Å². The van der Waals surface area contributed by atoms with E-state index < -0.39 is 0 Å². The van der Waals surface area contributed by atoms with E-state index in [9.17, 15) is 4.79 Å². The maximum atomic E-state index is 10.4. The Balaban J connectivity index is 0. The van der Waals surface area contributed by atoms with Gasteiger partial charge in [-0.25, -0.2) is 0 Å². The molecule has 0 unspecified atom stereocenters. The molecule has 1 N–H and O–H groups in total. The molecule has 0 amide bonds. The van der Waals surface area contributed by atoms with Crippen molar-refractivity contribution in [3.8, 4) is 0 Å². The average Bonchev–Trinajstić information content (AvgIpc) is 1.93. The minimum absolute atomic E-state index is 0.199. The fourth-order valence-corrected chi connectivity index (χ4v) is 0.356. The van der Waals surface area contributed by atoms with Crippen LogP contribution in [0.15, 0.2) is 0 Å². The first-order valence-corrected chi connectivity index (χ1v) is 3.61. The van der Waals surface area contributed by atoms with Crippen LogP contribution in [-0.4, -0.2) is 26.2 Å². The van der Waals surface area contributed by atoms with E-state index in [-0.39, 0.29) is 5.97 Å². The van der Waals surface area contributed by atoms with Crippen molar-refractivity contribution < 1.29 is 9.53 Å². The van der Waals surface area contributed by atoms with Crippen LogP contribution in [-0.2, 0) is 9.53 Å². The van der Waals surface area contributed by atoms with Gasteiger partial charge in [0.1, 0.15) is 0 Å². The van der Waals surface area contributed by atoms with Gasteiger partial charge in [-0.3, -0.25) is 4.79 Å². The number of esters is 1. The van der Waals surface area contributed by atoms with E-state index in [1.54, 1.807) is 14.0 Å². The summed E-state index contributed by atoms with van der Waals surface area (Å²) in [5.74, 6) is -0.199. The standard InChI is InChI=1S/C5H11NO2.C2H6/c1-3-8-5(7)4-6-2;1-2/h6H,3-4H2,1-2H3;1-2H3. The number of ether oxygens (including phenoxy) is 1. The zero-order chi connectivity index (χ0) is 8.41. The molecular weight excluding hydrogens is 130 g/mol. The number of hydrogen-bond donors (Lipinski definition) is 1. The predicted octanol–water partition coefficient (Wildman–Crippen LogP) is 0.795. The van der Waals surface area contributed by atoms with Gasteiger partial charge in [-0.15, -0.1) is 0 Å². The maximum absolute atomic E-state index is 10.4. The largest absolute Gasteiger partial charge is 0.465 e. The Morgan fingerprint density at radius 2 is 2.00 bits per heavy atom. The van der Waals surface area contributed by atoms with Crippen LogP contribution in [0.3, 0.4) is 0 Å². The molecule has 0 rings (SSSR count). The van der Waals surface area contributed by atoms with Gasteiger partial charge < -0.3 is 10.1 Å². The number of hydrogen-bond acceptors (Lipinski definition) is 3. The van der Waals surface area contributed by atoms with E-state index in [1.165, 1.54) is 0 Å². The second-order valence-corrected chi connectivity index (χ2v) is 1.34. The Kier molecular flexibility index (Phi) is 13.7. The Morgan fingerprint density at radius 1 is 1.50 bits per heavy atom. The van der Waals surface area contributed by atoms with Crippen molar-refractivity contribution in [1.82, 2.24) is 5.32 Å². The highest BCUT2D eigenvalue weighted by molar-refractivity contribution is 5.71. The molecule has 0 aliphatic carbocycles. The summed E-state index contributed by atoms with van der Waals surface area (Å²) in [5.41, 5.74) is 0. The van der Waals surface area contributed by atoms with Crippen LogP contribution in [0.1, 0.15) is 20.8 Å². The molecular formula is C7H17NO2. The van der Waals surface area contributed by atoms with Crippen molar-refractivity contribution >= 4 is 5.97 Å². The first-order valence-electron chi connectivity index (χ1n) is 3.61. The molecule has 0 radical (unpaired) electrons. The average molecular weight is 147 g/mol. The van der Waals surface area contributed by atoms with E-state index in [1.807, 2.05) is 13.8 Å². The third-order valence-electron chi connectivity index (χ3n) is 0.626. The summed E-state index contributed by atoms with van der Waals surface area (Å²) in [4.78, 5) is 10.4. The molecule has 0 aliphatic rings. The van der Waals surface area contributed by atoms with Gasteiger partial charge in [-0.05, 0) is 14.0 Å². The summed E-state index contributed by atoms with van der Waals surface area (Å²) in [6, 6.07) is 0. The van der Waals surface area contributed by atoms with Gasteiger partial charge in [0.15, 0.2) is 0 Å². The Morgan fingerprint density at radius 3 is 2.30 bits per heavy atom. The monoisotopic (exact) mass is 147 g/mol. The fraction of sp³-hybridized carbons (Fsp3) is 0.857. The maximum Gasteiger partial charge on any atom is 0.319 e. The number of rotatable bonds is 3. The molecule has 0 aromatic rings. The van der Waals surface area contributed by atoms with Gasteiger partial charge in [0.25, 0.3) is 0 Å². The van der Waals surface area contributed by atoms with Crippen LogP contribution < -0.4 is 5.32 Å². The van der Waals surface area contributed by atoms with E-state index in [4.69, 9.17) is 0 Å². The summed E-state index contributed by atoms with van der Waals surface area (Å²) < 4.78 is 4.58. The van der Waals surface area contributed by atoms with Crippen molar-refractivity contribution in [3.05, 3.63) is 0 Å². The van der Waals surface area contributed by atoms with Gasteiger partial charge in [-0.2, -0.15) is 0 Å². The van der Waals surface area contributed by atoms with Crippen LogP contribution in [0.4, 0.5) is 0 Å². The first kappa shape index (κ1) is 12.1. The second kappa shape index (κ2) is 11.3. The highest BCUT2D eigenvalue weighted by Crippen LogP contribution is 1.72. The highest BCUT2D eigenvalue weighted by Gasteiger charge is 1.94. The molecule has 0 aromatic carbocycles. The fourth-order valence-electron chi connectivity index (χ4n) is 0.356. The number of likely N-dealkylation sites (N-methyl/N-ethyl adjacent to an activating group) is 1. The molecule has 0 aromatic heterocycles. The molecule has 10 heavy (non-hydrogen) atoms. The van der Waals surface area contributed by atoms with Crippen molar-refractivity contribution in [2.75, 3.05) is 20.2 Å². The van der Waals surface area contributed by atoms with Crippen LogP contribution >= 0.6 is 0 Å². The lowest BCUT2D eigenvalue weighted by atomic mass is 10.6. The van der Waals surface area contributed by atoms with Gasteiger partial charge in [0, 0.05) is 0 Å². The van der Waals surface area contributed by atoms with Crippen LogP contribution in [0, 0.1) is 0 Å². The number of carbonyl (C=O) groups excluding carboxylic acids is 1. The van der Waals surface area contributed by atoms with E-state index >= 15 is 0 Å². The third kappa shape index (κ3) is 10.4. The molecule has 0 spiro atoms. The van der Waals surface area contributed by atoms with Gasteiger partial charge in [0.2, 0.25) is 0 Å².